The number of thiophene rings is 1. The molecule has 0 spiro atoms. The molecule has 0 aliphatic rings. The average molecular weight is 382 g/mol. The number of aliphatic hydroxyl groups is 1. The van der Waals surface area contributed by atoms with Gasteiger partial charge in [0.25, 0.3) is 5.91 Å². The summed E-state index contributed by atoms with van der Waals surface area (Å²) in [4.78, 5) is 29.6. The molecule has 2 heterocycles. The molecule has 0 aliphatic heterocycles. The van der Waals surface area contributed by atoms with Gasteiger partial charge < -0.3 is 10.4 Å². The Kier molecular flexibility index (Phi) is 5.38. The molecule has 0 fully saturated rings. The monoisotopic (exact) mass is 382 g/mol. The van der Waals surface area contributed by atoms with E-state index in [1.807, 2.05) is 6.92 Å². The number of azo groups is 1. The fraction of sp³-hybridized carbons (Fsp3) is 0.211. The van der Waals surface area contributed by atoms with E-state index in [9.17, 15) is 14.7 Å². The number of rotatable bonds is 5. The lowest BCUT2D eigenvalue weighted by Crippen LogP contribution is -2.10. The number of aryl methyl sites for hydroxylation is 1. The minimum absolute atomic E-state index is 0.0407. The summed E-state index contributed by atoms with van der Waals surface area (Å²) in [6.07, 6.45) is 0. The predicted octanol–water partition coefficient (Wildman–Crippen LogP) is 4.27. The van der Waals surface area contributed by atoms with Crippen LogP contribution in [0.1, 0.15) is 38.2 Å². The van der Waals surface area contributed by atoms with Crippen molar-refractivity contribution in [3.8, 4) is 0 Å². The van der Waals surface area contributed by atoms with Crippen molar-refractivity contribution in [2.75, 3.05) is 12.4 Å². The van der Waals surface area contributed by atoms with E-state index in [1.165, 1.54) is 25.3 Å². The first-order valence-corrected chi connectivity index (χ1v) is 9.02. The molecule has 7 nitrogen and oxygen atoms in total. The van der Waals surface area contributed by atoms with Crippen LogP contribution in [-0.2, 0) is 6.61 Å². The molecule has 2 N–H and O–H groups in total. The minimum atomic E-state index is -0.350. The van der Waals surface area contributed by atoms with Gasteiger partial charge in [-0.25, -0.2) is 4.98 Å². The lowest BCUT2D eigenvalue weighted by molar-refractivity contribution is 0.101. The number of amides is 1. The zero-order chi connectivity index (χ0) is 19.6. The molecule has 2 aromatic heterocycles. The van der Waals surface area contributed by atoms with Crippen molar-refractivity contribution in [1.82, 2.24) is 4.98 Å². The zero-order valence-electron chi connectivity index (χ0n) is 15.1. The second-order valence-electron chi connectivity index (χ2n) is 5.93. The Morgan fingerprint density at radius 3 is 2.56 bits per heavy atom. The van der Waals surface area contributed by atoms with Crippen molar-refractivity contribution >= 4 is 44.6 Å². The Labute approximate surface area is 159 Å². The summed E-state index contributed by atoms with van der Waals surface area (Å²) in [5.74, 6) is -0.390. The van der Waals surface area contributed by atoms with Gasteiger partial charge in [0.1, 0.15) is 15.4 Å². The number of carbonyl (C=O) groups excluding carboxylic acids is 2. The number of nitrogens with one attached hydrogen (secondary N) is 1. The number of anilines is 1. The first kappa shape index (κ1) is 18.8. The Morgan fingerprint density at radius 1 is 1.26 bits per heavy atom. The molecule has 3 rings (SSSR count). The van der Waals surface area contributed by atoms with Gasteiger partial charge in [0.2, 0.25) is 0 Å². The van der Waals surface area contributed by atoms with E-state index in [4.69, 9.17) is 0 Å². The minimum Gasteiger partial charge on any atom is -0.392 e. The van der Waals surface area contributed by atoms with Crippen molar-refractivity contribution in [3.63, 3.8) is 0 Å². The van der Waals surface area contributed by atoms with Crippen molar-refractivity contribution in [2.45, 2.75) is 20.5 Å². The predicted molar refractivity (Wildman–Crippen MR) is 105 cm³/mol. The highest BCUT2D eigenvalue weighted by molar-refractivity contribution is 7.21. The van der Waals surface area contributed by atoms with Crippen LogP contribution in [0.5, 0.6) is 0 Å². The molecule has 138 valence electrons. The molecule has 3 aromatic rings. The van der Waals surface area contributed by atoms with E-state index >= 15 is 0 Å². The van der Waals surface area contributed by atoms with Gasteiger partial charge in [0, 0.05) is 29.4 Å². The summed E-state index contributed by atoms with van der Waals surface area (Å²) in [7, 11) is 1.52. The highest BCUT2D eigenvalue weighted by Crippen LogP contribution is 2.40. The summed E-state index contributed by atoms with van der Waals surface area (Å²) in [5, 5.41) is 21.0. The highest BCUT2D eigenvalue weighted by atomic mass is 32.1. The third kappa shape index (κ3) is 3.76. The number of Topliss-reactive ketones (excluding diaryl/α,β-unsaturated/α-hetero) is 1. The molecule has 27 heavy (non-hydrogen) atoms. The lowest BCUT2D eigenvalue weighted by Gasteiger charge is -2.05. The van der Waals surface area contributed by atoms with Crippen molar-refractivity contribution in [1.29, 1.82) is 0 Å². The highest BCUT2D eigenvalue weighted by Gasteiger charge is 2.22. The molecule has 0 unspecified atom stereocenters. The normalized spacial score (nSPS) is 11.3. The third-order valence-electron chi connectivity index (χ3n) is 3.97. The molecule has 8 heteroatoms. The van der Waals surface area contributed by atoms with Crippen LogP contribution >= 0.6 is 11.3 Å². The van der Waals surface area contributed by atoms with E-state index in [1.54, 1.807) is 30.3 Å². The van der Waals surface area contributed by atoms with E-state index < -0.39 is 0 Å². The van der Waals surface area contributed by atoms with Crippen LogP contribution in [-0.4, -0.2) is 28.8 Å². The molecular formula is C19H18N4O3S. The molecule has 0 bridgehead atoms. The summed E-state index contributed by atoms with van der Waals surface area (Å²) >= 11 is 1.20. The number of hydrogen-bond acceptors (Lipinski definition) is 7. The molecule has 0 radical (unpaired) electrons. The third-order valence-corrected chi connectivity index (χ3v) is 5.04. The van der Waals surface area contributed by atoms with Crippen LogP contribution in [0, 0.1) is 6.92 Å². The number of pyridine rings is 1. The molecule has 1 amide bonds. The number of hydrogen-bond donors (Lipinski definition) is 2. The van der Waals surface area contributed by atoms with Crippen LogP contribution in [0.3, 0.4) is 0 Å². The fourth-order valence-corrected chi connectivity index (χ4v) is 3.84. The summed E-state index contributed by atoms with van der Waals surface area (Å²) < 4.78 is 0. The Hall–Kier alpha value is -2.97. The Morgan fingerprint density at radius 2 is 1.96 bits per heavy atom. The maximum absolute atomic E-state index is 12.8. The summed E-state index contributed by atoms with van der Waals surface area (Å²) in [5.41, 5.74) is 2.93. The topological polar surface area (TPSA) is 104 Å². The van der Waals surface area contributed by atoms with Gasteiger partial charge in [-0.15, -0.1) is 11.3 Å². The maximum atomic E-state index is 12.8. The number of ketones is 1. The van der Waals surface area contributed by atoms with Crippen LogP contribution in [0.4, 0.5) is 11.4 Å². The molecular weight excluding hydrogens is 364 g/mol. The molecule has 0 aliphatic carbocycles. The van der Waals surface area contributed by atoms with E-state index in [2.05, 4.69) is 20.5 Å². The quantitative estimate of drug-likeness (QED) is 0.508. The van der Waals surface area contributed by atoms with Gasteiger partial charge in [0.05, 0.1) is 6.61 Å². The molecule has 0 saturated heterocycles. The number of nitrogens with zero attached hydrogens (tertiary/aromatic N) is 3. The van der Waals surface area contributed by atoms with Gasteiger partial charge in [-0.3, -0.25) is 9.59 Å². The maximum Gasteiger partial charge on any atom is 0.268 e. The number of aromatic nitrogens is 1. The van der Waals surface area contributed by atoms with Crippen molar-refractivity contribution < 1.29 is 14.7 Å². The first-order valence-electron chi connectivity index (χ1n) is 8.20. The Balaban J connectivity index is 2.03. The largest absolute Gasteiger partial charge is 0.392 e. The van der Waals surface area contributed by atoms with Crippen LogP contribution in [0.25, 0.3) is 10.2 Å². The number of benzene rings is 1. The lowest BCUT2D eigenvalue weighted by atomic mass is 10.1. The summed E-state index contributed by atoms with van der Waals surface area (Å²) in [6, 6.07) is 8.43. The van der Waals surface area contributed by atoms with Gasteiger partial charge >= 0.3 is 0 Å². The van der Waals surface area contributed by atoms with Gasteiger partial charge in [0.15, 0.2) is 5.78 Å². The average Bonchev–Trinajstić information content (AvgIpc) is 3.00. The van der Waals surface area contributed by atoms with Crippen molar-refractivity contribution in [3.05, 3.63) is 52.0 Å². The van der Waals surface area contributed by atoms with Gasteiger partial charge in [-0.05, 0) is 49.7 Å². The van der Waals surface area contributed by atoms with Crippen LogP contribution < -0.4 is 5.32 Å². The van der Waals surface area contributed by atoms with Crippen LogP contribution in [0.15, 0.2) is 40.6 Å². The van der Waals surface area contributed by atoms with E-state index in [-0.39, 0.29) is 18.3 Å². The smallest absolute Gasteiger partial charge is 0.268 e. The zero-order valence-corrected chi connectivity index (χ0v) is 15.9. The van der Waals surface area contributed by atoms with E-state index in [0.29, 0.717) is 37.6 Å². The van der Waals surface area contributed by atoms with Gasteiger partial charge in [-0.1, -0.05) is 0 Å². The van der Waals surface area contributed by atoms with Crippen LogP contribution in [0.2, 0.25) is 0 Å². The molecule has 0 saturated carbocycles. The molecule has 0 atom stereocenters. The Bertz CT molecular complexity index is 1050. The number of fused-ring (bicyclic) bond motifs is 1. The molecule has 1 aromatic carbocycles. The standard InChI is InChI=1S/C19H18N4O3S/c1-10-8-13(9-24)15-16(23-20-3)17(27-19(15)21-10)18(26)22-14-6-4-12(5-7-14)11(2)25/h4-8,24H,9H2,1-3H3,(H,22,26)/b23-20-. The van der Waals surface area contributed by atoms with Crippen molar-refractivity contribution in [2.24, 2.45) is 10.2 Å². The second-order valence-corrected chi connectivity index (χ2v) is 6.93. The number of aliphatic hydroxyl groups excluding tert-OH is 1. The number of carbonyl (C=O) groups is 2. The fourth-order valence-electron chi connectivity index (χ4n) is 2.75. The van der Waals surface area contributed by atoms with Gasteiger partial charge in [-0.2, -0.15) is 10.2 Å². The SMILES string of the molecule is C/N=N\c1c(C(=O)Nc2ccc(C(C)=O)cc2)sc2nc(C)cc(CO)c12. The first-order chi connectivity index (χ1) is 12.9. The van der Waals surface area contributed by atoms with E-state index in [0.717, 1.165) is 5.69 Å². The second kappa shape index (κ2) is 7.73. The summed E-state index contributed by atoms with van der Waals surface area (Å²) in [6.45, 7) is 3.13.